The first-order chi connectivity index (χ1) is 3.81. The number of fused-ring (bicyclic) bond motifs is 1. The number of rotatable bonds is 0. The Bertz CT molecular complexity index is 186. The predicted octanol–water partition coefficient (Wildman–Crippen LogP) is 0.789. The van der Waals surface area contributed by atoms with Crippen LogP contribution in [0.4, 0.5) is 0 Å². The van der Waals surface area contributed by atoms with Crippen LogP contribution < -0.4 is 0 Å². The van der Waals surface area contributed by atoms with Crippen LogP contribution in [0.5, 0.6) is 0 Å². The van der Waals surface area contributed by atoms with Gasteiger partial charge in [0, 0.05) is 5.22 Å². The second-order valence-electron chi connectivity index (χ2n) is 1.85. The first-order valence-corrected chi connectivity index (χ1v) is 3.26. The third-order valence-electron chi connectivity index (χ3n) is 1.29. The van der Waals surface area contributed by atoms with Crippen LogP contribution in [-0.2, 0) is 0 Å². The molecule has 0 aromatic heterocycles. The normalized spacial score (nSPS) is 40.9. The van der Waals surface area contributed by atoms with Crippen molar-refractivity contribution in [2.75, 3.05) is 12.8 Å². The van der Waals surface area contributed by atoms with Crippen molar-refractivity contribution in [1.82, 2.24) is 0 Å². The molecule has 4 nitrogen and oxygen atoms in total. The zero-order valence-corrected chi connectivity index (χ0v) is 5.22. The number of quaternary nitrogens is 1. The van der Waals surface area contributed by atoms with Gasteiger partial charge >= 0.3 is 0 Å². The third kappa shape index (κ3) is 0.339. The molecule has 8 heavy (non-hydrogen) atoms. The molecule has 2 aliphatic heterocycles. The van der Waals surface area contributed by atoms with Crippen LogP contribution in [0, 0.1) is 0 Å². The molecule has 2 heterocycles. The molecule has 0 amide bonds. The summed E-state index contributed by atoms with van der Waals surface area (Å²) in [7, 11) is 1.98. The molecule has 0 radical (unpaired) electrons. The van der Waals surface area contributed by atoms with E-state index >= 15 is 0 Å². The molecule has 5 heteroatoms. The third-order valence-corrected chi connectivity index (χ3v) is 2.47. The molecule has 2 aliphatic rings. The smallest absolute Gasteiger partial charge is 0.0727 e. The summed E-state index contributed by atoms with van der Waals surface area (Å²) < 4.78 is 0.542. The zero-order chi connectivity index (χ0) is 5.61. The van der Waals surface area contributed by atoms with E-state index in [1.54, 1.807) is 11.9 Å². The number of hydrogen-bond acceptors (Lipinski definition) is 4. The maximum atomic E-state index is 3.86. The monoisotopic (exact) mass is 129 g/mol. The van der Waals surface area contributed by atoms with Gasteiger partial charge in [-0.25, -0.2) is 0 Å². The Kier molecular flexibility index (Phi) is 0.619. The van der Waals surface area contributed by atoms with Gasteiger partial charge in [-0.2, -0.15) is 0 Å². The van der Waals surface area contributed by atoms with Crippen molar-refractivity contribution in [3.8, 4) is 0 Å². The molecule has 0 saturated carbocycles. The predicted molar refractivity (Wildman–Crippen MR) is 30.9 cm³/mol. The second-order valence-corrected chi connectivity index (χ2v) is 3.11. The van der Waals surface area contributed by atoms with Gasteiger partial charge in [0.25, 0.3) is 5.84 Å². The van der Waals surface area contributed by atoms with E-state index in [-0.39, 0.29) is 0 Å². The van der Waals surface area contributed by atoms with Crippen LogP contribution in [0.3, 0.4) is 0 Å². The van der Waals surface area contributed by atoms with E-state index < -0.39 is 0 Å². The van der Waals surface area contributed by atoms with E-state index in [9.17, 15) is 0 Å². The number of nitrogens with zero attached hydrogens (tertiary/aromatic N) is 4. The molecule has 1 fully saturated rings. The first-order valence-electron chi connectivity index (χ1n) is 2.32. The quantitative estimate of drug-likeness (QED) is 0.352. The highest BCUT2D eigenvalue weighted by atomic mass is 32.2. The average molecular weight is 129 g/mol. The Balaban J connectivity index is 2.41. The highest BCUT2D eigenvalue weighted by Crippen LogP contribution is 2.36. The molecule has 2 rings (SSSR count). The molecule has 1 saturated heterocycles. The molecule has 0 spiro atoms. The summed E-state index contributed by atoms with van der Waals surface area (Å²) >= 11 is 1.72. The van der Waals surface area contributed by atoms with Crippen LogP contribution in [0.25, 0.3) is 0 Å². The highest BCUT2D eigenvalue weighted by Gasteiger charge is 2.47. The molecule has 0 bridgehead atoms. The molecular formula is C3H5N4S+. The lowest BCUT2D eigenvalue weighted by atomic mass is 10.6. The Labute approximate surface area is 51.0 Å². The Morgan fingerprint density at radius 2 is 2.62 bits per heavy atom. The van der Waals surface area contributed by atoms with Crippen molar-refractivity contribution in [3.63, 3.8) is 0 Å². The summed E-state index contributed by atoms with van der Waals surface area (Å²) in [6.07, 6.45) is 0. The maximum absolute atomic E-state index is 3.86. The van der Waals surface area contributed by atoms with E-state index in [1.807, 2.05) is 7.05 Å². The number of amidine groups is 1. The molecule has 0 aromatic rings. The van der Waals surface area contributed by atoms with Crippen molar-refractivity contribution in [2.45, 2.75) is 0 Å². The van der Waals surface area contributed by atoms with Crippen molar-refractivity contribution < 1.29 is 4.00 Å². The largest absolute Gasteiger partial charge is 0.279 e. The molecule has 1 atom stereocenters. The fraction of sp³-hybridized carbons (Fsp3) is 0.667. The topological polar surface area (TPSA) is 37.1 Å². The lowest BCUT2D eigenvalue weighted by Crippen LogP contribution is -2.46. The van der Waals surface area contributed by atoms with Gasteiger partial charge < -0.3 is 0 Å². The standard InChI is InChI=1S/C3H5N4S/c1-7-3(2-8-7)4-5-6-7/h2H2,1H3/q+1. The highest BCUT2D eigenvalue weighted by molar-refractivity contribution is 7.96. The van der Waals surface area contributed by atoms with Gasteiger partial charge in [0.2, 0.25) is 0 Å². The maximum Gasteiger partial charge on any atom is 0.279 e. The summed E-state index contributed by atoms with van der Waals surface area (Å²) in [6.45, 7) is 0. The van der Waals surface area contributed by atoms with E-state index in [1.165, 1.54) is 0 Å². The Hall–Kier alpha value is -0.420. The Morgan fingerprint density at radius 1 is 1.75 bits per heavy atom. The van der Waals surface area contributed by atoms with E-state index in [0.29, 0.717) is 4.00 Å². The van der Waals surface area contributed by atoms with E-state index in [0.717, 1.165) is 11.6 Å². The minimum Gasteiger partial charge on any atom is -0.0727 e. The number of hydrogen-bond donors (Lipinski definition) is 0. The van der Waals surface area contributed by atoms with Crippen molar-refractivity contribution in [3.05, 3.63) is 0 Å². The van der Waals surface area contributed by atoms with Crippen LogP contribution in [0.1, 0.15) is 0 Å². The average Bonchev–Trinajstić information content (AvgIpc) is 1.94. The SMILES string of the molecule is C[N+]12N=NN=C1CS2. The molecule has 0 aliphatic carbocycles. The van der Waals surface area contributed by atoms with Gasteiger partial charge in [-0.15, -0.1) is 0 Å². The van der Waals surface area contributed by atoms with Crippen molar-refractivity contribution in [1.29, 1.82) is 0 Å². The van der Waals surface area contributed by atoms with Crippen molar-refractivity contribution in [2.24, 2.45) is 15.5 Å². The fourth-order valence-electron chi connectivity index (χ4n) is 0.646. The van der Waals surface area contributed by atoms with Gasteiger partial charge in [0.05, 0.1) is 5.22 Å². The summed E-state index contributed by atoms with van der Waals surface area (Å²) in [5, 5.41) is 11.2. The minimum atomic E-state index is 0.542. The van der Waals surface area contributed by atoms with Gasteiger partial charge in [-0.05, 0) is 0 Å². The Morgan fingerprint density at radius 3 is 2.88 bits per heavy atom. The lowest BCUT2D eigenvalue weighted by Gasteiger charge is -2.25. The van der Waals surface area contributed by atoms with E-state index in [2.05, 4.69) is 15.5 Å². The summed E-state index contributed by atoms with van der Waals surface area (Å²) in [6, 6.07) is 0. The van der Waals surface area contributed by atoms with Gasteiger partial charge in [0.1, 0.15) is 19.0 Å². The fourth-order valence-corrected chi connectivity index (χ4v) is 1.44. The minimum absolute atomic E-state index is 0.542. The van der Waals surface area contributed by atoms with Crippen molar-refractivity contribution >= 4 is 17.8 Å². The van der Waals surface area contributed by atoms with Gasteiger partial charge in [-0.3, -0.25) is 0 Å². The molecular weight excluding hydrogens is 124 g/mol. The van der Waals surface area contributed by atoms with Crippen LogP contribution in [0.2, 0.25) is 0 Å². The van der Waals surface area contributed by atoms with Crippen LogP contribution >= 0.6 is 11.9 Å². The first kappa shape index (κ1) is 4.46. The molecule has 0 N–H and O–H groups in total. The lowest BCUT2D eigenvalue weighted by molar-refractivity contribution is -0.692. The van der Waals surface area contributed by atoms with Gasteiger partial charge in [0.15, 0.2) is 5.75 Å². The van der Waals surface area contributed by atoms with Crippen LogP contribution in [0.15, 0.2) is 15.5 Å². The summed E-state index contributed by atoms with van der Waals surface area (Å²) in [4.78, 5) is 0. The van der Waals surface area contributed by atoms with Crippen LogP contribution in [-0.4, -0.2) is 22.6 Å². The summed E-state index contributed by atoms with van der Waals surface area (Å²) in [5.74, 6) is 2.05. The molecule has 1 unspecified atom stereocenters. The van der Waals surface area contributed by atoms with E-state index in [4.69, 9.17) is 0 Å². The molecule has 0 aromatic carbocycles. The zero-order valence-electron chi connectivity index (χ0n) is 4.40. The van der Waals surface area contributed by atoms with Gasteiger partial charge in [-0.1, -0.05) is 9.10 Å². The second kappa shape index (κ2) is 1.11. The summed E-state index contributed by atoms with van der Waals surface area (Å²) in [5.41, 5.74) is 0. The molecule has 42 valence electrons.